The molecule has 0 atom stereocenters. The van der Waals surface area contributed by atoms with E-state index in [0.29, 0.717) is 11.6 Å². The fraction of sp³-hybridized carbons (Fsp3) is 0.400. The number of halogens is 1. The number of ether oxygens (including phenoxy) is 1. The van der Waals surface area contributed by atoms with Crippen LogP contribution in [0, 0.1) is 0 Å². The Labute approximate surface area is 93.4 Å². The van der Waals surface area contributed by atoms with Crippen LogP contribution in [0.15, 0.2) is 18.3 Å². The number of carbonyl (C=O) groups excluding carboxylic acids is 1. The molecule has 0 aliphatic heterocycles. The number of carbonyl (C=O) groups is 1. The Kier molecular flexibility index (Phi) is 3.52. The maximum Gasteiger partial charge on any atom is 0.405 e. The van der Waals surface area contributed by atoms with E-state index >= 15 is 0 Å². The second-order valence-electron chi connectivity index (χ2n) is 3.84. The number of nitrogens with zero attached hydrogens (tertiary/aromatic N) is 1. The van der Waals surface area contributed by atoms with Gasteiger partial charge >= 0.3 is 6.09 Å². The van der Waals surface area contributed by atoms with Gasteiger partial charge in [-0.25, -0.2) is 9.78 Å². The third-order valence-electron chi connectivity index (χ3n) is 1.80. The molecule has 0 aromatic carbocycles. The molecule has 0 saturated heterocycles. The molecular weight excluding hydrogens is 216 g/mol. The molecule has 15 heavy (non-hydrogen) atoms. The van der Waals surface area contributed by atoms with Crippen LogP contribution in [-0.2, 0) is 11.2 Å². The Bertz CT molecular complexity index is 366. The first-order valence-corrected chi connectivity index (χ1v) is 4.86. The second kappa shape index (κ2) is 4.49. The van der Waals surface area contributed by atoms with Crippen molar-refractivity contribution in [2.24, 2.45) is 5.73 Å². The standard InChI is InChI=1S/C10H13ClN2O2/c1-10(2,15-9(12)14)6-7-3-4-13-8(11)5-7/h3-5H,6H2,1-2H3,(H2,12,14). The average Bonchev–Trinajstić information content (AvgIpc) is 1.99. The fourth-order valence-corrected chi connectivity index (χ4v) is 1.55. The van der Waals surface area contributed by atoms with Gasteiger partial charge in [-0.15, -0.1) is 0 Å². The minimum atomic E-state index is -0.778. The zero-order valence-electron chi connectivity index (χ0n) is 8.66. The summed E-state index contributed by atoms with van der Waals surface area (Å²) in [5.74, 6) is 0. The largest absolute Gasteiger partial charge is 0.443 e. The maximum atomic E-state index is 10.6. The van der Waals surface area contributed by atoms with Crippen molar-refractivity contribution in [2.45, 2.75) is 25.9 Å². The Morgan fingerprint density at radius 2 is 2.33 bits per heavy atom. The van der Waals surface area contributed by atoms with Gasteiger partial charge in [-0.05, 0) is 31.5 Å². The normalized spacial score (nSPS) is 11.1. The lowest BCUT2D eigenvalue weighted by molar-refractivity contribution is 0.0460. The van der Waals surface area contributed by atoms with Crippen LogP contribution in [0.25, 0.3) is 0 Å². The molecule has 0 bridgehead atoms. The molecule has 5 heteroatoms. The number of nitrogens with two attached hydrogens (primary N) is 1. The first-order valence-electron chi connectivity index (χ1n) is 4.48. The van der Waals surface area contributed by atoms with Gasteiger partial charge in [-0.3, -0.25) is 0 Å². The van der Waals surface area contributed by atoms with E-state index in [9.17, 15) is 4.79 Å². The third-order valence-corrected chi connectivity index (χ3v) is 2.00. The molecule has 4 nitrogen and oxygen atoms in total. The van der Waals surface area contributed by atoms with Crippen LogP contribution in [-0.4, -0.2) is 16.7 Å². The molecule has 0 spiro atoms. The van der Waals surface area contributed by atoms with E-state index in [2.05, 4.69) is 4.98 Å². The molecule has 0 saturated carbocycles. The number of rotatable bonds is 3. The van der Waals surface area contributed by atoms with Gasteiger partial charge in [0.25, 0.3) is 0 Å². The van der Waals surface area contributed by atoms with Gasteiger partial charge in [-0.1, -0.05) is 11.6 Å². The monoisotopic (exact) mass is 228 g/mol. The van der Waals surface area contributed by atoms with Crippen LogP contribution in [0.5, 0.6) is 0 Å². The highest BCUT2D eigenvalue weighted by molar-refractivity contribution is 6.29. The molecule has 0 radical (unpaired) electrons. The van der Waals surface area contributed by atoms with Crippen LogP contribution in [0.4, 0.5) is 4.79 Å². The van der Waals surface area contributed by atoms with Crippen LogP contribution in [0.2, 0.25) is 5.15 Å². The number of pyridine rings is 1. The van der Waals surface area contributed by atoms with Gasteiger partial charge in [0.2, 0.25) is 0 Å². The van der Waals surface area contributed by atoms with E-state index in [1.807, 2.05) is 6.07 Å². The zero-order valence-corrected chi connectivity index (χ0v) is 9.41. The fourth-order valence-electron chi connectivity index (χ4n) is 1.35. The van der Waals surface area contributed by atoms with Crippen molar-refractivity contribution < 1.29 is 9.53 Å². The number of hydrogen-bond donors (Lipinski definition) is 1. The minimum absolute atomic E-state index is 0.419. The van der Waals surface area contributed by atoms with Crippen LogP contribution in [0.3, 0.4) is 0 Å². The highest BCUT2D eigenvalue weighted by Crippen LogP contribution is 2.18. The van der Waals surface area contributed by atoms with E-state index in [0.717, 1.165) is 5.56 Å². The van der Waals surface area contributed by atoms with Crippen molar-refractivity contribution in [3.05, 3.63) is 29.0 Å². The molecule has 0 aliphatic carbocycles. The molecule has 0 unspecified atom stereocenters. The van der Waals surface area contributed by atoms with Crippen molar-refractivity contribution in [3.63, 3.8) is 0 Å². The number of hydrogen-bond acceptors (Lipinski definition) is 3. The number of aromatic nitrogens is 1. The molecule has 1 amide bonds. The summed E-state index contributed by atoms with van der Waals surface area (Å²) < 4.78 is 4.96. The predicted octanol–water partition coefficient (Wildman–Crippen LogP) is 2.15. The molecule has 1 aromatic rings. The molecule has 1 heterocycles. The van der Waals surface area contributed by atoms with Gasteiger partial charge < -0.3 is 10.5 Å². The minimum Gasteiger partial charge on any atom is -0.443 e. The van der Waals surface area contributed by atoms with Gasteiger partial charge in [-0.2, -0.15) is 0 Å². The summed E-state index contributed by atoms with van der Waals surface area (Å²) >= 11 is 5.74. The van der Waals surface area contributed by atoms with E-state index in [4.69, 9.17) is 22.1 Å². The summed E-state index contributed by atoms with van der Waals surface area (Å²) in [5.41, 5.74) is 5.27. The number of primary amides is 1. The van der Waals surface area contributed by atoms with Crippen molar-refractivity contribution in [1.82, 2.24) is 4.98 Å². The van der Waals surface area contributed by atoms with E-state index in [1.54, 1.807) is 26.1 Å². The summed E-state index contributed by atoms with van der Waals surface area (Å²) in [6.07, 6.45) is 1.37. The van der Waals surface area contributed by atoms with E-state index in [-0.39, 0.29) is 0 Å². The molecular formula is C10H13ClN2O2. The second-order valence-corrected chi connectivity index (χ2v) is 4.23. The Hall–Kier alpha value is -1.29. The smallest absolute Gasteiger partial charge is 0.405 e. The van der Waals surface area contributed by atoms with Gasteiger partial charge in [0, 0.05) is 12.6 Å². The van der Waals surface area contributed by atoms with Crippen molar-refractivity contribution in [3.8, 4) is 0 Å². The van der Waals surface area contributed by atoms with Gasteiger partial charge in [0.15, 0.2) is 0 Å². The topological polar surface area (TPSA) is 65.2 Å². The van der Waals surface area contributed by atoms with Crippen molar-refractivity contribution >= 4 is 17.7 Å². The lowest BCUT2D eigenvalue weighted by Gasteiger charge is -2.23. The highest BCUT2D eigenvalue weighted by Gasteiger charge is 2.22. The van der Waals surface area contributed by atoms with Crippen LogP contribution in [0.1, 0.15) is 19.4 Å². The summed E-state index contributed by atoms with van der Waals surface area (Å²) in [5, 5.41) is 0.419. The van der Waals surface area contributed by atoms with E-state index in [1.165, 1.54) is 0 Å². The molecule has 1 aromatic heterocycles. The third kappa shape index (κ3) is 4.16. The first kappa shape index (κ1) is 11.8. The van der Waals surface area contributed by atoms with Crippen LogP contribution < -0.4 is 5.73 Å². The van der Waals surface area contributed by atoms with Gasteiger partial charge in [0.05, 0.1) is 0 Å². The quantitative estimate of drug-likeness (QED) is 0.807. The Morgan fingerprint density at radius 3 is 2.87 bits per heavy atom. The Balaban J connectivity index is 2.72. The highest BCUT2D eigenvalue weighted by atomic mass is 35.5. The summed E-state index contributed by atoms with van der Waals surface area (Å²) in [4.78, 5) is 14.5. The Morgan fingerprint density at radius 1 is 1.67 bits per heavy atom. The lowest BCUT2D eigenvalue weighted by atomic mass is 9.99. The van der Waals surface area contributed by atoms with Crippen LogP contribution >= 0.6 is 11.6 Å². The molecule has 0 aliphatic rings. The molecule has 82 valence electrons. The SMILES string of the molecule is CC(C)(Cc1ccnc(Cl)c1)OC(N)=O. The average molecular weight is 229 g/mol. The van der Waals surface area contributed by atoms with Crippen molar-refractivity contribution in [2.75, 3.05) is 0 Å². The predicted molar refractivity (Wildman–Crippen MR) is 57.7 cm³/mol. The first-order chi connectivity index (χ1) is 6.89. The molecule has 0 fully saturated rings. The summed E-state index contributed by atoms with van der Waals surface area (Å²) in [7, 11) is 0. The molecule has 1 rings (SSSR count). The summed E-state index contributed by atoms with van der Waals surface area (Å²) in [6, 6.07) is 3.55. The zero-order chi connectivity index (χ0) is 11.5. The summed E-state index contributed by atoms with van der Waals surface area (Å²) in [6.45, 7) is 3.57. The maximum absolute atomic E-state index is 10.6. The lowest BCUT2D eigenvalue weighted by Crippen LogP contribution is -2.33. The number of amides is 1. The van der Waals surface area contributed by atoms with Gasteiger partial charge in [0.1, 0.15) is 10.8 Å². The van der Waals surface area contributed by atoms with Crippen molar-refractivity contribution in [1.29, 1.82) is 0 Å². The molecule has 2 N–H and O–H groups in total. The van der Waals surface area contributed by atoms with E-state index < -0.39 is 11.7 Å².